The predicted octanol–water partition coefficient (Wildman–Crippen LogP) is 6.56. The third-order valence-corrected chi connectivity index (χ3v) is 11.2. The van der Waals surface area contributed by atoms with Crippen LogP contribution in [-0.4, -0.2) is 41.8 Å². The number of carbonyl (C=O) groups excluding carboxylic acids is 1. The van der Waals surface area contributed by atoms with Gasteiger partial charge in [0.15, 0.2) is 0 Å². The number of hydrogen-bond acceptors (Lipinski definition) is 4. The smallest absolute Gasteiger partial charge is 0.238 e. The Morgan fingerprint density at radius 1 is 1.07 bits per heavy atom. The van der Waals surface area contributed by atoms with E-state index in [1.165, 1.54) is 0 Å². The molecule has 0 unspecified atom stereocenters. The number of aliphatic hydroxyl groups is 1. The summed E-state index contributed by atoms with van der Waals surface area (Å²) in [5, 5.41) is 21.1. The van der Waals surface area contributed by atoms with Gasteiger partial charge < -0.3 is 15.7 Å². The lowest BCUT2D eigenvalue weighted by Gasteiger charge is -2.51. The first kappa shape index (κ1) is 28.3. The molecule has 2 aliphatic carbocycles. The third kappa shape index (κ3) is 4.54. The molecule has 1 amide bonds. The van der Waals surface area contributed by atoms with E-state index in [0.717, 1.165) is 62.6 Å². The summed E-state index contributed by atoms with van der Waals surface area (Å²) in [6, 6.07) is 10.5. The highest BCUT2D eigenvalue weighted by Crippen LogP contribution is 2.63. The lowest BCUT2D eigenvalue weighted by atomic mass is 9.53. The number of anilines is 1. The number of carbonyl (C=O) groups is 1. The number of fused-ring (bicyclic) bond motifs is 3. The van der Waals surface area contributed by atoms with Crippen molar-refractivity contribution in [2.75, 3.05) is 18.5 Å². The molecule has 6 rings (SSSR count). The van der Waals surface area contributed by atoms with Crippen LogP contribution in [0.3, 0.4) is 0 Å². The van der Waals surface area contributed by atoms with E-state index in [9.17, 15) is 9.90 Å². The van der Waals surface area contributed by atoms with Crippen LogP contribution in [0, 0.1) is 17.2 Å². The number of nitrogens with one attached hydrogen (secondary N) is 3. The van der Waals surface area contributed by atoms with Crippen molar-refractivity contribution in [3.8, 4) is 0 Å². The molecule has 216 valence electrons. The SMILES string of the molecule is CC1(C)CCC2(CC1)N[C@@H](C(=O)NC1CCC(CO)CC1)[C@H](c1cccc(Cl)c1F)[C@]21CNc2cc(Cl)ccc21. The van der Waals surface area contributed by atoms with Crippen LogP contribution in [0.2, 0.25) is 10.0 Å². The van der Waals surface area contributed by atoms with E-state index in [1.54, 1.807) is 12.1 Å². The number of amides is 1. The Balaban J connectivity index is 1.47. The Bertz CT molecular complexity index is 1280. The number of hydrogen-bond donors (Lipinski definition) is 4. The van der Waals surface area contributed by atoms with Crippen LogP contribution in [0.1, 0.15) is 82.3 Å². The molecule has 2 aromatic carbocycles. The summed E-state index contributed by atoms with van der Waals surface area (Å²) in [5.74, 6) is -0.709. The van der Waals surface area contributed by atoms with E-state index in [0.29, 0.717) is 23.0 Å². The second-order valence-corrected chi connectivity index (χ2v) is 14.3. The zero-order valence-electron chi connectivity index (χ0n) is 23.3. The topological polar surface area (TPSA) is 73.4 Å². The van der Waals surface area contributed by atoms with E-state index in [4.69, 9.17) is 23.2 Å². The lowest BCUT2D eigenvalue weighted by molar-refractivity contribution is -0.124. The maximum absolute atomic E-state index is 16.0. The summed E-state index contributed by atoms with van der Waals surface area (Å²) in [7, 11) is 0. The van der Waals surface area contributed by atoms with Crippen LogP contribution in [0.4, 0.5) is 10.1 Å². The largest absolute Gasteiger partial charge is 0.396 e. The predicted molar refractivity (Wildman–Crippen MR) is 159 cm³/mol. The zero-order chi connectivity index (χ0) is 28.3. The minimum Gasteiger partial charge on any atom is -0.396 e. The van der Waals surface area contributed by atoms with Crippen molar-refractivity contribution in [1.82, 2.24) is 10.6 Å². The molecular formula is C32H40Cl2FN3O2. The van der Waals surface area contributed by atoms with Crippen molar-refractivity contribution in [2.45, 2.75) is 94.2 Å². The standard InChI is InChI=1S/C32H40Cl2FN3O2/c1-30(2)12-14-31(15-13-30)32(18-36-25-16-20(33)8-11-23(25)32)26(22-4-3-5-24(34)27(22)35)28(38-31)29(40)37-21-9-6-19(17-39)7-10-21/h3-5,8,11,16,19,21,26,28,36,38-39H,6-7,9-10,12-15,17-18H2,1-2H3,(H,37,40)/t19?,21?,26-,28+,32+/m0/s1. The Morgan fingerprint density at radius 2 is 1.80 bits per heavy atom. The van der Waals surface area contributed by atoms with Gasteiger partial charge in [-0.15, -0.1) is 0 Å². The number of halogens is 3. The second kappa shape index (κ2) is 10.4. The molecule has 1 saturated heterocycles. The van der Waals surface area contributed by atoms with Crippen molar-refractivity contribution in [3.05, 3.63) is 63.4 Å². The van der Waals surface area contributed by atoms with Crippen LogP contribution in [0.25, 0.3) is 0 Å². The van der Waals surface area contributed by atoms with E-state index in [-0.39, 0.29) is 29.0 Å². The minimum atomic E-state index is -0.631. The maximum Gasteiger partial charge on any atom is 0.238 e. The average Bonchev–Trinajstić information content (AvgIpc) is 3.45. The van der Waals surface area contributed by atoms with Gasteiger partial charge in [0.05, 0.1) is 11.1 Å². The monoisotopic (exact) mass is 587 g/mol. The van der Waals surface area contributed by atoms with E-state index in [1.807, 2.05) is 18.2 Å². The van der Waals surface area contributed by atoms with Crippen molar-refractivity contribution in [1.29, 1.82) is 0 Å². The van der Waals surface area contributed by atoms with Crippen LogP contribution in [0.15, 0.2) is 36.4 Å². The first-order valence-corrected chi connectivity index (χ1v) is 15.5. The molecule has 2 aliphatic heterocycles. The maximum atomic E-state index is 16.0. The number of rotatable bonds is 4. The highest BCUT2D eigenvalue weighted by molar-refractivity contribution is 6.31. The quantitative estimate of drug-likeness (QED) is 0.327. The molecule has 5 nitrogen and oxygen atoms in total. The first-order valence-electron chi connectivity index (χ1n) is 14.8. The van der Waals surface area contributed by atoms with Gasteiger partial charge >= 0.3 is 0 Å². The van der Waals surface area contributed by atoms with Crippen molar-refractivity contribution in [3.63, 3.8) is 0 Å². The summed E-state index contributed by atoms with van der Waals surface area (Å²) >= 11 is 12.8. The van der Waals surface area contributed by atoms with Crippen molar-refractivity contribution >= 4 is 34.8 Å². The van der Waals surface area contributed by atoms with Gasteiger partial charge in [-0.05, 0) is 92.0 Å². The average molecular weight is 589 g/mol. The number of benzene rings is 2. The highest BCUT2D eigenvalue weighted by atomic mass is 35.5. The molecule has 3 atom stereocenters. The molecule has 40 heavy (non-hydrogen) atoms. The lowest BCUT2D eigenvalue weighted by Crippen LogP contribution is -2.60. The summed E-state index contributed by atoms with van der Waals surface area (Å²) in [6.07, 6.45) is 7.26. The molecule has 2 spiro atoms. The van der Waals surface area contributed by atoms with Gasteiger partial charge in [-0.1, -0.05) is 55.2 Å². The summed E-state index contributed by atoms with van der Waals surface area (Å²) < 4.78 is 16.0. The van der Waals surface area contributed by atoms with Gasteiger partial charge in [0, 0.05) is 46.8 Å². The third-order valence-electron chi connectivity index (χ3n) is 10.7. The molecule has 0 radical (unpaired) electrons. The molecule has 8 heteroatoms. The molecule has 2 aromatic rings. The Morgan fingerprint density at radius 3 is 2.50 bits per heavy atom. The molecule has 4 N–H and O–H groups in total. The molecule has 3 fully saturated rings. The molecule has 0 bridgehead atoms. The molecule has 2 saturated carbocycles. The molecular weight excluding hydrogens is 548 g/mol. The van der Waals surface area contributed by atoms with Crippen LogP contribution in [-0.2, 0) is 10.2 Å². The summed E-state index contributed by atoms with van der Waals surface area (Å²) in [6.45, 7) is 5.39. The first-order chi connectivity index (χ1) is 19.1. The minimum absolute atomic E-state index is 0.0487. The van der Waals surface area contributed by atoms with Crippen LogP contribution >= 0.6 is 23.2 Å². The fraction of sp³-hybridized carbons (Fsp3) is 0.594. The fourth-order valence-corrected chi connectivity index (χ4v) is 8.68. The van der Waals surface area contributed by atoms with Crippen LogP contribution < -0.4 is 16.0 Å². The van der Waals surface area contributed by atoms with E-state index >= 15 is 4.39 Å². The molecule has 0 aromatic heterocycles. The van der Waals surface area contributed by atoms with Crippen LogP contribution in [0.5, 0.6) is 0 Å². The van der Waals surface area contributed by atoms with E-state index in [2.05, 4.69) is 35.9 Å². The van der Waals surface area contributed by atoms with Gasteiger partial charge in [-0.2, -0.15) is 0 Å². The fourth-order valence-electron chi connectivity index (χ4n) is 8.32. The Kier molecular flexibility index (Phi) is 7.38. The summed E-state index contributed by atoms with van der Waals surface area (Å²) in [5.41, 5.74) is 1.73. The van der Waals surface area contributed by atoms with Gasteiger partial charge in [-0.25, -0.2) is 4.39 Å². The van der Waals surface area contributed by atoms with E-state index < -0.39 is 28.7 Å². The zero-order valence-corrected chi connectivity index (χ0v) is 24.8. The molecule has 2 heterocycles. The van der Waals surface area contributed by atoms with Gasteiger partial charge in [-0.3, -0.25) is 10.1 Å². The number of aliphatic hydroxyl groups excluding tert-OH is 1. The van der Waals surface area contributed by atoms with Crippen molar-refractivity contribution in [2.24, 2.45) is 11.3 Å². The highest BCUT2D eigenvalue weighted by Gasteiger charge is 2.69. The Hall–Kier alpha value is -1.86. The second-order valence-electron chi connectivity index (χ2n) is 13.4. The Labute approximate surface area is 246 Å². The van der Waals surface area contributed by atoms with Gasteiger partial charge in [0.1, 0.15) is 5.82 Å². The van der Waals surface area contributed by atoms with Crippen molar-refractivity contribution < 1.29 is 14.3 Å². The van der Waals surface area contributed by atoms with Gasteiger partial charge in [0.2, 0.25) is 5.91 Å². The normalized spacial score (nSPS) is 32.1. The van der Waals surface area contributed by atoms with Gasteiger partial charge in [0.25, 0.3) is 0 Å². The molecule has 4 aliphatic rings. The summed E-state index contributed by atoms with van der Waals surface area (Å²) in [4.78, 5) is 14.3.